The average Bonchev–Trinajstić information content (AvgIpc) is 2.30. The monoisotopic (exact) mass is 206 g/mol. The Labute approximate surface area is 88.5 Å². The molecule has 1 atom stereocenters. The molecule has 0 spiro atoms. The summed E-state index contributed by atoms with van der Waals surface area (Å²) in [4.78, 5) is 12.9. The Morgan fingerprint density at radius 1 is 1.40 bits per heavy atom. The van der Waals surface area contributed by atoms with Gasteiger partial charge in [-0.3, -0.25) is 4.79 Å². The van der Waals surface area contributed by atoms with Crippen molar-refractivity contribution >= 4 is 11.7 Å². The lowest BCUT2D eigenvalue weighted by Crippen LogP contribution is -2.54. The molecule has 2 N–H and O–H groups in total. The summed E-state index contributed by atoms with van der Waals surface area (Å²) in [6.45, 7) is 2.10. The van der Waals surface area contributed by atoms with Crippen LogP contribution in [0.15, 0.2) is 30.3 Å². The van der Waals surface area contributed by atoms with Crippen molar-refractivity contribution in [2.75, 3.05) is 24.5 Å². The van der Waals surface area contributed by atoms with Crippen LogP contribution in [0.3, 0.4) is 0 Å². The van der Waals surface area contributed by atoms with Crippen LogP contribution >= 0.6 is 0 Å². The molecule has 0 saturated carbocycles. The molecular weight excluding hydrogens is 192 g/mol. The first kappa shape index (κ1) is 9.98. The Morgan fingerprint density at radius 2 is 2.13 bits per heavy atom. The summed E-state index contributed by atoms with van der Waals surface area (Å²) in [7, 11) is 0. The first-order valence-electron chi connectivity index (χ1n) is 5.03. The quantitative estimate of drug-likeness (QED) is 0.742. The predicted molar refractivity (Wildman–Crippen MR) is 58.1 cm³/mol. The number of piperazine rings is 1. The van der Waals surface area contributed by atoms with Gasteiger partial charge in [0.25, 0.3) is 0 Å². The standard InChI is InChI=1S/C11H14N2O2/c14-11(15)10-8-13(7-6-12-10)9-4-2-1-3-5-9/h1-5,10,12H,6-8H2,(H,14,15). The van der Waals surface area contributed by atoms with Gasteiger partial charge in [-0.2, -0.15) is 0 Å². The van der Waals surface area contributed by atoms with E-state index in [1.165, 1.54) is 0 Å². The van der Waals surface area contributed by atoms with Crippen LogP contribution in [0.4, 0.5) is 5.69 Å². The van der Waals surface area contributed by atoms with Gasteiger partial charge in [-0.05, 0) is 12.1 Å². The van der Waals surface area contributed by atoms with Crippen molar-refractivity contribution in [3.05, 3.63) is 30.3 Å². The van der Waals surface area contributed by atoms with Crippen molar-refractivity contribution < 1.29 is 9.90 Å². The van der Waals surface area contributed by atoms with Gasteiger partial charge >= 0.3 is 5.97 Å². The van der Waals surface area contributed by atoms with Gasteiger partial charge in [0.05, 0.1) is 0 Å². The second kappa shape index (κ2) is 4.31. The van der Waals surface area contributed by atoms with E-state index < -0.39 is 12.0 Å². The number of carboxylic acids is 1. The minimum atomic E-state index is -0.782. The van der Waals surface area contributed by atoms with Crippen LogP contribution in [-0.4, -0.2) is 36.8 Å². The van der Waals surface area contributed by atoms with E-state index in [2.05, 4.69) is 10.2 Å². The fourth-order valence-corrected chi connectivity index (χ4v) is 1.79. The van der Waals surface area contributed by atoms with Gasteiger partial charge in [-0.1, -0.05) is 18.2 Å². The van der Waals surface area contributed by atoms with Gasteiger partial charge < -0.3 is 15.3 Å². The van der Waals surface area contributed by atoms with Crippen molar-refractivity contribution in [1.82, 2.24) is 5.32 Å². The summed E-state index contributed by atoms with van der Waals surface area (Å²) in [6.07, 6.45) is 0. The van der Waals surface area contributed by atoms with Crippen molar-refractivity contribution in [2.45, 2.75) is 6.04 Å². The Kier molecular flexibility index (Phi) is 2.87. The molecule has 1 aliphatic rings. The second-order valence-electron chi connectivity index (χ2n) is 3.63. The Balaban J connectivity index is 2.08. The van der Waals surface area contributed by atoms with Crippen molar-refractivity contribution in [3.63, 3.8) is 0 Å². The summed E-state index contributed by atoms with van der Waals surface area (Å²) in [5, 5.41) is 11.9. The van der Waals surface area contributed by atoms with E-state index in [1.54, 1.807) is 0 Å². The summed E-state index contributed by atoms with van der Waals surface area (Å²) < 4.78 is 0. The minimum absolute atomic E-state index is 0.459. The highest BCUT2D eigenvalue weighted by molar-refractivity contribution is 5.74. The molecule has 2 rings (SSSR count). The molecule has 1 aliphatic heterocycles. The Morgan fingerprint density at radius 3 is 2.80 bits per heavy atom. The molecule has 4 heteroatoms. The molecule has 1 saturated heterocycles. The first-order valence-corrected chi connectivity index (χ1v) is 5.03. The fourth-order valence-electron chi connectivity index (χ4n) is 1.79. The number of carbonyl (C=O) groups is 1. The van der Waals surface area contributed by atoms with Gasteiger partial charge in [0, 0.05) is 25.3 Å². The zero-order valence-corrected chi connectivity index (χ0v) is 8.39. The van der Waals surface area contributed by atoms with Crippen LogP contribution in [-0.2, 0) is 4.79 Å². The number of benzene rings is 1. The molecule has 1 unspecified atom stereocenters. The van der Waals surface area contributed by atoms with E-state index in [-0.39, 0.29) is 0 Å². The molecule has 15 heavy (non-hydrogen) atoms. The number of hydrogen-bond donors (Lipinski definition) is 2. The average molecular weight is 206 g/mol. The smallest absolute Gasteiger partial charge is 0.322 e. The maximum atomic E-state index is 10.8. The van der Waals surface area contributed by atoms with E-state index in [0.29, 0.717) is 13.1 Å². The zero-order valence-electron chi connectivity index (χ0n) is 8.39. The lowest BCUT2D eigenvalue weighted by molar-refractivity contribution is -0.139. The number of para-hydroxylation sites is 1. The van der Waals surface area contributed by atoms with E-state index >= 15 is 0 Å². The van der Waals surface area contributed by atoms with Crippen LogP contribution in [0.25, 0.3) is 0 Å². The number of rotatable bonds is 2. The third kappa shape index (κ3) is 2.27. The second-order valence-corrected chi connectivity index (χ2v) is 3.63. The largest absolute Gasteiger partial charge is 0.480 e. The molecule has 0 radical (unpaired) electrons. The zero-order chi connectivity index (χ0) is 10.7. The van der Waals surface area contributed by atoms with Gasteiger partial charge in [-0.15, -0.1) is 0 Å². The molecule has 0 bridgehead atoms. The predicted octanol–water partition coefficient (Wildman–Crippen LogP) is 0.549. The van der Waals surface area contributed by atoms with E-state index in [1.807, 2.05) is 30.3 Å². The molecule has 80 valence electrons. The molecule has 1 fully saturated rings. The molecule has 1 heterocycles. The number of hydrogen-bond acceptors (Lipinski definition) is 3. The summed E-state index contributed by atoms with van der Waals surface area (Å²) >= 11 is 0. The number of nitrogens with one attached hydrogen (secondary N) is 1. The number of carboxylic acid groups (broad SMARTS) is 1. The number of anilines is 1. The fraction of sp³-hybridized carbons (Fsp3) is 0.364. The summed E-state index contributed by atoms with van der Waals surface area (Å²) in [5.74, 6) is -0.782. The molecular formula is C11H14N2O2. The van der Waals surface area contributed by atoms with Crippen LogP contribution in [0.5, 0.6) is 0 Å². The van der Waals surface area contributed by atoms with Crippen LogP contribution in [0, 0.1) is 0 Å². The SMILES string of the molecule is O=C(O)C1CN(c2ccccc2)CCN1. The highest BCUT2D eigenvalue weighted by Crippen LogP contribution is 2.14. The van der Waals surface area contributed by atoms with Crippen LogP contribution in [0.2, 0.25) is 0 Å². The lowest BCUT2D eigenvalue weighted by Gasteiger charge is -2.33. The third-order valence-electron chi connectivity index (χ3n) is 2.59. The van der Waals surface area contributed by atoms with Gasteiger partial charge in [0.15, 0.2) is 0 Å². The molecule has 0 amide bonds. The number of aliphatic carboxylic acids is 1. The Bertz CT molecular complexity index is 340. The maximum Gasteiger partial charge on any atom is 0.322 e. The lowest BCUT2D eigenvalue weighted by atomic mass is 10.2. The topological polar surface area (TPSA) is 52.6 Å². The van der Waals surface area contributed by atoms with Crippen LogP contribution in [0.1, 0.15) is 0 Å². The molecule has 1 aromatic carbocycles. The molecule has 1 aromatic rings. The normalized spacial score (nSPS) is 21.3. The van der Waals surface area contributed by atoms with Crippen molar-refractivity contribution in [3.8, 4) is 0 Å². The van der Waals surface area contributed by atoms with E-state index in [9.17, 15) is 4.79 Å². The minimum Gasteiger partial charge on any atom is -0.480 e. The van der Waals surface area contributed by atoms with Crippen LogP contribution < -0.4 is 10.2 Å². The maximum absolute atomic E-state index is 10.8. The highest BCUT2D eigenvalue weighted by atomic mass is 16.4. The van der Waals surface area contributed by atoms with E-state index in [4.69, 9.17) is 5.11 Å². The highest BCUT2D eigenvalue weighted by Gasteiger charge is 2.24. The summed E-state index contributed by atoms with van der Waals surface area (Å²) in [6, 6.07) is 9.44. The van der Waals surface area contributed by atoms with Crippen molar-refractivity contribution in [1.29, 1.82) is 0 Å². The molecule has 4 nitrogen and oxygen atoms in total. The Hall–Kier alpha value is -1.55. The third-order valence-corrected chi connectivity index (χ3v) is 2.59. The molecule has 0 aromatic heterocycles. The molecule has 0 aliphatic carbocycles. The van der Waals surface area contributed by atoms with Gasteiger partial charge in [0.2, 0.25) is 0 Å². The van der Waals surface area contributed by atoms with E-state index in [0.717, 1.165) is 12.2 Å². The van der Waals surface area contributed by atoms with Gasteiger partial charge in [0.1, 0.15) is 6.04 Å². The van der Waals surface area contributed by atoms with Gasteiger partial charge in [-0.25, -0.2) is 0 Å². The first-order chi connectivity index (χ1) is 7.27. The number of nitrogens with zero attached hydrogens (tertiary/aromatic N) is 1. The van der Waals surface area contributed by atoms with Crippen molar-refractivity contribution in [2.24, 2.45) is 0 Å². The summed E-state index contributed by atoms with van der Waals surface area (Å²) in [5.41, 5.74) is 1.09.